The molecular formula is C23H29ClFN5S. The summed E-state index contributed by atoms with van der Waals surface area (Å²) >= 11 is 11.8. The number of aromatic nitrogens is 2. The summed E-state index contributed by atoms with van der Waals surface area (Å²) in [5.41, 5.74) is 1.12. The Hall–Kier alpha value is -1.99. The van der Waals surface area contributed by atoms with Crippen LogP contribution >= 0.6 is 23.8 Å². The summed E-state index contributed by atoms with van der Waals surface area (Å²) in [7, 11) is 0. The number of hydrogen-bond acceptors (Lipinski definition) is 4. The van der Waals surface area contributed by atoms with Gasteiger partial charge in [-0.3, -0.25) is 0 Å². The summed E-state index contributed by atoms with van der Waals surface area (Å²) in [6, 6.07) is 8.67. The van der Waals surface area contributed by atoms with Gasteiger partial charge in [0.05, 0.1) is 0 Å². The van der Waals surface area contributed by atoms with Crippen molar-refractivity contribution in [3.63, 3.8) is 0 Å². The molecule has 8 heteroatoms. The molecule has 0 amide bonds. The van der Waals surface area contributed by atoms with Crippen LogP contribution in [0.2, 0.25) is 5.15 Å². The number of rotatable bonds is 5. The first-order valence-corrected chi connectivity index (χ1v) is 11.8. The van der Waals surface area contributed by atoms with Gasteiger partial charge in [0.2, 0.25) is 5.95 Å². The van der Waals surface area contributed by atoms with Gasteiger partial charge in [-0.05, 0) is 61.5 Å². The zero-order valence-electron chi connectivity index (χ0n) is 17.8. The molecule has 0 unspecified atom stereocenters. The average molecular weight is 462 g/mol. The van der Waals surface area contributed by atoms with Crippen LogP contribution in [0.5, 0.6) is 0 Å². The molecule has 4 rings (SSSR count). The number of benzene rings is 1. The van der Waals surface area contributed by atoms with Crippen LogP contribution in [0.1, 0.15) is 51.0 Å². The van der Waals surface area contributed by atoms with Crippen molar-refractivity contribution in [2.75, 3.05) is 29.9 Å². The Morgan fingerprint density at radius 2 is 1.97 bits per heavy atom. The Bertz CT molecular complexity index is 917. The van der Waals surface area contributed by atoms with Gasteiger partial charge in [0.25, 0.3) is 0 Å². The van der Waals surface area contributed by atoms with Crippen molar-refractivity contribution < 1.29 is 4.39 Å². The highest BCUT2D eigenvalue weighted by molar-refractivity contribution is 7.80. The summed E-state index contributed by atoms with van der Waals surface area (Å²) in [5, 5.41) is 7.31. The minimum Gasteiger partial charge on any atom is -0.361 e. The van der Waals surface area contributed by atoms with Gasteiger partial charge in [-0.15, -0.1) is 0 Å². The summed E-state index contributed by atoms with van der Waals surface area (Å²) in [6.07, 6.45) is 6.82. The molecule has 0 spiro atoms. The highest BCUT2D eigenvalue weighted by Crippen LogP contribution is 2.40. The average Bonchev–Trinajstić information content (AvgIpc) is 3.22. The van der Waals surface area contributed by atoms with E-state index >= 15 is 0 Å². The standard InChI is InChI=1S/C23H29ClFN5S/c1-16-5-4-12-30(14-16)20-13-19(24)27-21(28-20)29-22(31)26-15-23(10-2-3-11-23)17-6-8-18(25)9-7-17/h6-9,13,16H,2-5,10-12,14-15H2,1H3,(H2,26,27,28,29,31)/t16-/m1/s1. The van der Waals surface area contributed by atoms with E-state index in [1.165, 1.54) is 18.6 Å². The number of nitrogens with zero attached hydrogens (tertiary/aromatic N) is 3. The smallest absolute Gasteiger partial charge is 0.232 e. The summed E-state index contributed by atoms with van der Waals surface area (Å²) in [6.45, 7) is 4.88. The number of nitrogens with one attached hydrogen (secondary N) is 2. The van der Waals surface area contributed by atoms with E-state index in [0.717, 1.165) is 56.6 Å². The van der Waals surface area contributed by atoms with Crippen LogP contribution in [0.3, 0.4) is 0 Å². The van der Waals surface area contributed by atoms with E-state index in [1.54, 1.807) is 0 Å². The zero-order chi connectivity index (χ0) is 21.8. The Labute approximate surface area is 193 Å². The maximum absolute atomic E-state index is 13.4. The molecular weight excluding hydrogens is 433 g/mol. The molecule has 2 heterocycles. The van der Waals surface area contributed by atoms with E-state index in [1.807, 2.05) is 18.2 Å². The monoisotopic (exact) mass is 461 g/mol. The van der Waals surface area contributed by atoms with Crippen LogP contribution in [0.15, 0.2) is 30.3 Å². The van der Waals surface area contributed by atoms with Crippen molar-refractivity contribution in [2.45, 2.75) is 50.9 Å². The van der Waals surface area contributed by atoms with Crippen LogP contribution < -0.4 is 15.5 Å². The third-order valence-corrected chi connectivity index (χ3v) is 6.93. The van der Waals surface area contributed by atoms with Crippen molar-refractivity contribution in [2.24, 2.45) is 5.92 Å². The van der Waals surface area contributed by atoms with E-state index < -0.39 is 0 Å². The van der Waals surface area contributed by atoms with E-state index in [0.29, 0.717) is 28.7 Å². The van der Waals surface area contributed by atoms with Crippen molar-refractivity contribution in [3.8, 4) is 0 Å². The lowest BCUT2D eigenvalue weighted by Crippen LogP contribution is -2.41. The molecule has 2 aromatic rings. The van der Waals surface area contributed by atoms with E-state index in [2.05, 4.69) is 32.4 Å². The Kier molecular flexibility index (Phi) is 6.92. The van der Waals surface area contributed by atoms with Gasteiger partial charge in [-0.1, -0.05) is 43.5 Å². The van der Waals surface area contributed by atoms with Gasteiger partial charge in [-0.2, -0.15) is 4.98 Å². The molecule has 1 aromatic carbocycles. The second-order valence-electron chi connectivity index (χ2n) is 8.87. The van der Waals surface area contributed by atoms with Crippen LogP contribution in [0, 0.1) is 11.7 Å². The first-order chi connectivity index (χ1) is 14.9. The molecule has 1 saturated heterocycles. The normalized spacial score (nSPS) is 20.5. The highest BCUT2D eigenvalue weighted by Gasteiger charge is 2.35. The largest absolute Gasteiger partial charge is 0.361 e. The minimum absolute atomic E-state index is 0.0380. The fourth-order valence-corrected chi connectivity index (χ4v) is 5.18. The number of halogens is 2. The fourth-order valence-electron chi connectivity index (χ4n) is 4.84. The molecule has 0 radical (unpaired) electrons. The molecule has 0 bridgehead atoms. The lowest BCUT2D eigenvalue weighted by atomic mass is 9.79. The topological polar surface area (TPSA) is 53.1 Å². The lowest BCUT2D eigenvalue weighted by Gasteiger charge is -2.32. The van der Waals surface area contributed by atoms with Crippen molar-refractivity contribution in [3.05, 3.63) is 46.9 Å². The van der Waals surface area contributed by atoms with Crippen LogP contribution in [0.4, 0.5) is 16.2 Å². The third-order valence-electron chi connectivity index (χ3n) is 6.49. The number of thiocarbonyl (C=S) groups is 1. The first kappa shape index (κ1) is 22.2. The molecule has 5 nitrogen and oxygen atoms in total. The van der Waals surface area contributed by atoms with E-state index in [4.69, 9.17) is 23.8 Å². The van der Waals surface area contributed by atoms with Gasteiger partial charge in [0.15, 0.2) is 5.11 Å². The van der Waals surface area contributed by atoms with Crippen LogP contribution in [-0.4, -0.2) is 34.7 Å². The Morgan fingerprint density at radius 1 is 1.23 bits per heavy atom. The van der Waals surface area contributed by atoms with Crippen molar-refractivity contribution in [1.29, 1.82) is 0 Å². The van der Waals surface area contributed by atoms with Gasteiger partial charge in [-0.25, -0.2) is 9.37 Å². The lowest BCUT2D eigenvalue weighted by molar-refractivity contribution is 0.434. The third kappa shape index (κ3) is 5.44. The van der Waals surface area contributed by atoms with E-state index in [-0.39, 0.29) is 11.2 Å². The second kappa shape index (κ2) is 9.65. The SMILES string of the molecule is C[C@@H]1CCCN(c2cc(Cl)nc(NC(=S)NCC3(c4ccc(F)cc4)CCCC3)n2)C1. The molecule has 1 aliphatic heterocycles. The fraction of sp³-hybridized carbons (Fsp3) is 0.522. The van der Waals surface area contributed by atoms with Gasteiger partial charge in [0, 0.05) is 31.1 Å². The zero-order valence-corrected chi connectivity index (χ0v) is 19.4. The molecule has 1 saturated carbocycles. The summed E-state index contributed by atoms with van der Waals surface area (Å²) < 4.78 is 13.4. The molecule has 166 valence electrons. The van der Waals surface area contributed by atoms with Crippen LogP contribution in [0.25, 0.3) is 0 Å². The second-order valence-corrected chi connectivity index (χ2v) is 9.66. The molecule has 1 aromatic heterocycles. The minimum atomic E-state index is -0.209. The number of anilines is 2. The van der Waals surface area contributed by atoms with Gasteiger partial charge < -0.3 is 15.5 Å². The number of hydrogen-bond donors (Lipinski definition) is 2. The van der Waals surface area contributed by atoms with Crippen molar-refractivity contribution >= 4 is 40.7 Å². The molecule has 2 N–H and O–H groups in total. The molecule has 1 atom stereocenters. The predicted molar refractivity (Wildman–Crippen MR) is 128 cm³/mol. The van der Waals surface area contributed by atoms with Crippen LogP contribution in [-0.2, 0) is 5.41 Å². The molecule has 31 heavy (non-hydrogen) atoms. The molecule has 2 fully saturated rings. The highest BCUT2D eigenvalue weighted by atomic mass is 35.5. The number of piperidine rings is 1. The molecule has 2 aliphatic rings. The summed E-state index contributed by atoms with van der Waals surface area (Å²) in [5.74, 6) is 1.66. The van der Waals surface area contributed by atoms with Gasteiger partial charge >= 0.3 is 0 Å². The first-order valence-electron chi connectivity index (χ1n) is 11.0. The quantitative estimate of drug-likeness (QED) is 0.465. The maximum Gasteiger partial charge on any atom is 0.232 e. The maximum atomic E-state index is 13.4. The van der Waals surface area contributed by atoms with E-state index in [9.17, 15) is 4.39 Å². The van der Waals surface area contributed by atoms with Crippen molar-refractivity contribution in [1.82, 2.24) is 15.3 Å². The Balaban J connectivity index is 1.42. The molecule has 1 aliphatic carbocycles. The summed E-state index contributed by atoms with van der Waals surface area (Å²) in [4.78, 5) is 11.2. The Morgan fingerprint density at radius 3 is 2.68 bits per heavy atom. The van der Waals surface area contributed by atoms with Gasteiger partial charge in [0.1, 0.15) is 16.8 Å². The predicted octanol–water partition coefficient (Wildman–Crippen LogP) is 5.30.